The van der Waals surface area contributed by atoms with Gasteiger partial charge in [0.15, 0.2) is 0 Å². The average molecular weight is 136 g/mol. The first-order chi connectivity index (χ1) is 4.79. The first-order valence-corrected chi connectivity index (χ1v) is 2.99. The van der Waals surface area contributed by atoms with E-state index in [1.54, 1.807) is 26.2 Å². The molecule has 0 atom stereocenters. The smallest absolute Gasteiger partial charge is 0.0816 e. The van der Waals surface area contributed by atoms with Crippen molar-refractivity contribution < 1.29 is 0 Å². The molecule has 2 nitrogen and oxygen atoms in total. The van der Waals surface area contributed by atoms with Crippen molar-refractivity contribution in [2.75, 3.05) is 14.1 Å². The molecule has 0 saturated heterocycles. The molecular formula is C8H12N2. The maximum atomic E-state index is 3.95. The molecule has 0 saturated carbocycles. The molecular weight excluding hydrogens is 124 g/mol. The lowest BCUT2D eigenvalue weighted by Gasteiger charge is -1.95. The van der Waals surface area contributed by atoms with Crippen molar-refractivity contribution in [2.24, 2.45) is 9.98 Å². The van der Waals surface area contributed by atoms with E-state index in [1.807, 2.05) is 0 Å². The van der Waals surface area contributed by atoms with Gasteiger partial charge >= 0.3 is 0 Å². The highest BCUT2D eigenvalue weighted by atomic mass is 14.7. The molecule has 0 aliphatic rings. The Morgan fingerprint density at radius 3 is 1.40 bits per heavy atom. The van der Waals surface area contributed by atoms with Gasteiger partial charge < -0.3 is 0 Å². The molecule has 0 bridgehead atoms. The molecule has 0 fully saturated rings. The van der Waals surface area contributed by atoms with Gasteiger partial charge in [0, 0.05) is 14.1 Å². The SMILES string of the molecule is C=CC(=NC)C(C=C)=NC. The van der Waals surface area contributed by atoms with Crippen LogP contribution in [0.25, 0.3) is 0 Å². The van der Waals surface area contributed by atoms with Crippen LogP contribution in [0.15, 0.2) is 35.3 Å². The summed E-state index contributed by atoms with van der Waals surface area (Å²) in [4.78, 5) is 7.89. The number of nitrogens with zero attached hydrogens (tertiary/aromatic N) is 2. The Hall–Kier alpha value is -1.18. The molecule has 10 heavy (non-hydrogen) atoms. The van der Waals surface area contributed by atoms with Crippen molar-refractivity contribution in [2.45, 2.75) is 0 Å². The van der Waals surface area contributed by atoms with E-state index in [0.717, 1.165) is 11.4 Å². The first kappa shape index (κ1) is 8.82. The number of allylic oxidation sites excluding steroid dienone is 2. The van der Waals surface area contributed by atoms with E-state index in [-0.39, 0.29) is 0 Å². The summed E-state index contributed by atoms with van der Waals surface area (Å²) in [6.45, 7) is 7.18. The highest BCUT2D eigenvalue weighted by Crippen LogP contribution is 1.86. The van der Waals surface area contributed by atoms with E-state index in [1.165, 1.54) is 0 Å². The van der Waals surface area contributed by atoms with E-state index in [0.29, 0.717) is 0 Å². The molecule has 0 spiro atoms. The van der Waals surface area contributed by atoms with Crippen LogP contribution >= 0.6 is 0 Å². The Kier molecular flexibility index (Phi) is 4.12. The average Bonchev–Trinajstić information content (AvgIpc) is 2.00. The van der Waals surface area contributed by atoms with Crippen LogP contribution in [0.5, 0.6) is 0 Å². The second-order valence-corrected chi connectivity index (χ2v) is 1.63. The van der Waals surface area contributed by atoms with Crippen molar-refractivity contribution in [1.82, 2.24) is 0 Å². The largest absolute Gasteiger partial charge is 0.286 e. The zero-order valence-electron chi connectivity index (χ0n) is 6.46. The summed E-state index contributed by atoms with van der Waals surface area (Å²) in [6, 6.07) is 0. The quantitative estimate of drug-likeness (QED) is 0.525. The number of rotatable bonds is 3. The van der Waals surface area contributed by atoms with Gasteiger partial charge in [0.2, 0.25) is 0 Å². The van der Waals surface area contributed by atoms with Gasteiger partial charge in [0.05, 0.1) is 11.4 Å². The topological polar surface area (TPSA) is 24.7 Å². The molecule has 0 N–H and O–H groups in total. The molecule has 54 valence electrons. The van der Waals surface area contributed by atoms with Gasteiger partial charge in [-0.15, -0.1) is 0 Å². The minimum absolute atomic E-state index is 0.775. The molecule has 0 aliphatic heterocycles. The molecule has 0 aromatic heterocycles. The van der Waals surface area contributed by atoms with E-state index in [4.69, 9.17) is 0 Å². The van der Waals surface area contributed by atoms with E-state index < -0.39 is 0 Å². The third-order valence-corrected chi connectivity index (χ3v) is 1.13. The summed E-state index contributed by atoms with van der Waals surface area (Å²) in [7, 11) is 3.40. The van der Waals surface area contributed by atoms with Crippen LogP contribution in [0.2, 0.25) is 0 Å². The van der Waals surface area contributed by atoms with Gasteiger partial charge in [-0.2, -0.15) is 0 Å². The summed E-state index contributed by atoms with van der Waals surface area (Å²) in [6.07, 6.45) is 3.31. The fraction of sp³-hybridized carbons (Fsp3) is 0.250. The zero-order valence-corrected chi connectivity index (χ0v) is 6.46. The zero-order chi connectivity index (χ0) is 7.98. The summed E-state index contributed by atoms with van der Waals surface area (Å²) < 4.78 is 0. The van der Waals surface area contributed by atoms with E-state index in [2.05, 4.69) is 23.1 Å². The van der Waals surface area contributed by atoms with Crippen LogP contribution in [0.4, 0.5) is 0 Å². The van der Waals surface area contributed by atoms with Crippen molar-refractivity contribution >= 4 is 11.4 Å². The molecule has 0 aromatic carbocycles. The Morgan fingerprint density at radius 2 is 1.30 bits per heavy atom. The molecule has 0 radical (unpaired) electrons. The summed E-state index contributed by atoms with van der Waals surface area (Å²) in [5, 5.41) is 0. The second-order valence-electron chi connectivity index (χ2n) is 1.63. The monoisotopic (exact) mass is 136 g/mol. The van der Waals surface area contributed by atoms with Crippen molar-refractivity contribution in [3.05, 3.63) is 25.3 Å². The van der Waals surface area contributed by atoms with Crippen LogP contribution in [-0.4, -0.2) is 25.5 Å². The fourth-order valence-corrected chi connectivity index (χ4v) is 0.621. The van der Waals surface area contributed by atoms with Crippen LogP contribution in [0.1, 0.15) is 0 Å². The molecule has 0 aliphatic carbocycles. The molecule has 0 rings (SSSR count). The van der Waals surface area contributed by atoms with Gasteiger partial charge in [-0.1, -0.05) is 13.2 Å². The first-order valence-electron chi connectivity index (χ1n) is 2.99. The maximum Gasteiger partial charge on any atom is 0.0816 e. The van der Waals surface area contributed by atoms with Gasteiger partial charge in [-0.3, -0.25) is 9.98 Å². The fourth-order valence-electron chi connectivity index (χ4n) is 0.621. The molecule has 2 heteroatoms. The van der Waals surface area contributed by atoms with E-state index in [9.17, 15) is 0 Å². The lowest BCUT2D eigenvalue weighted by atomic mass is 10.2. The highest BCUT2D eigenvalue weighted by molar-refractivity contribution is 6.50. The highest BCUT2D eigenvalue weighted by Gasteiger charge is 1.95. The normalized spacial score (nSPS) is 13.0. The van der Waals surface area contributed by atoms with E-state index >= 15 is 0 Å². The minimum atomic E-state index is 0.775. The minimum Gasteiger partial charge on any atom is -0.286 e. The summed E-state index contributed by atoms with van der Waals surface area (Å²) >= 11 is 0. The number of hydrogen-bond acceptors (Lipinski definition) is 2. The van der Waals surface area contributed by atoms with Gasteiger partial charge in [0.25, 0.3) is 0 Å². The lowest BCUT2D eigenvalue weighted by molar-refractivity contribution is 1.43. The predicted molar refractivity (Wildman–Crippen MR) is 47.1 cm³/mol. The summed E-state index contributed by atoms with van der Waals surface area (Å²) in [5.74, 6) is 0. The van der Waals surface area contributed by atoms with Gasteiger partial charge in [0.1, 0.15) is 0 Å². The third kappa shape index (κ3) is 1.97. The molecule has 0 amide bonds. The van der Waals surface area contributed by atoms with Crippen molar-refractivity contribution in [3.63, 3.8) is 0 Å². The Morgan fingerprint density at radius 1 is 1.00 bits per heavy atom. The molecule has 0 heterocycles. The maximum absolute atomic E-state index is 3.95. The second kappa shape index (κ2) is 4.68. The summed E-state index contributed by atoms with van der Waals surface area (Å²) in [5.41, 5.74) is 1.55. The number of hydrogen-bond donors (Lipinski definition) is 0. The standard InChI is InChI=1S/C8H12N2/c1-5-7(9-3)8(6-2)10-4/h5-6H,1-2H2,3-4H3. The van der Waals surface area contributed by atoms with Crippen LogP contribution in [0, 0.1) is 0 Å². The van der Waals surface area contributed by atoms with Crippen LogP contribution in [-0.2, 0) is 0 Å². The Balaban J connectivity index is 4.58. The van der Waals surface area contributed by atoms with Crippen LogP contribution < -0.4 is 0 Å². The molecule has 0 aromatic rings. The Labute approximate surface area is 61.7 Å². The Bertz CT molecular complexity index is 165. The van der Waals surface area contributed by atoms with Crippen molar-refractivity contribution in [1.29, 1.82) is 0 Å². The number of aliphatic imine (C=N–C) groups is 2. The van der Waals surface area contributed by atoms with Gasteiger partial charge in [-0.25, -0.2) is 0 Å². The predicted octanol–water partition coefficient (Wildman–Crippen LogP) is 1.50. The van der Waals surface area contributed by atoms with Crippen molar-refractivity contribution in [3.8, 4) is 0 Å². The van der Waals surface area contributed by atoms with Crippen LogP contribution in [0.3, 0.4) is 0 Å². The molecule has 0 unspecified atom stereocenters. The lowest BCUT2D eigenvalue weighted by Crippen LogP contribution is -2.07. The van der Waals surface area contributed by atoms with Gasteiger partial charge in [-0.05, 0) is 12.2 Å². The third-order valence-electron chi connectivity index (χ3n) is 1.13.